The highest BCUT2D eigenvalue weighted by molar-refractivity contribution is 5.84. The predicted octanol–water partition coefficient (Wildman–Crippen LogP) is 2.27. The summed E-state index contributed by atoms with van der Waals surface area (Å²) in [6, 6.07) is 8.35. The number of aryl methyl sites for hydroxylation is 1. The Bertz CT molecular complexity index is 422. The zero-order valence-corrected chi connectivity index (χ0v) is 11.0. The highest BCUT2D eigenvalue weighted by Gasteiger charge is 2.37. The maximum atomic E-state index is 11.7. The minimum absolute atomic E-state index is 0.199. The fourth-order valence-electron chi connectivity index (χ4n) is 2.76. The second-order valence-corrected chi connectivity index (χ2v) is 5.35. The van der Waals surface area contributed by atoms with Crippen LogP contribution in [0.3, 0.4) is 0 Å². The molecule has 98 valence electrons. The highest BCUT2D eigenvalue weighted by atomic mass is 16.1. The van der Waals surface area contributed by atoms with E-state index in [4.69, 9.17) is 5.73 Å². The van der Waals surface area contributed by atoms with E-state index >= 15 is 0 Å². The Balaban J connectivity index is 2.04. The normalized spacial score (nSPS) is 18.5. The molecule has 0 aliphatic heterocycles. The van der Waals surface area contributed by atoms with Gasteiger partial charge in [-0.2, -0.15) is 0 Å². The van der Waals surface area contributed by atoms with Gasteiger partial charge in [0.2, 0.25) is 5.91 Å². The maximum absolute atomic E-state index is 11.7. The summed E-state index contributed by atoms with van der Waals surface area (Å²) in [7, 11) is 0. The van der Waals surface area contributed by atoms with Gasteiger partial charge in [0.15, 0.2) is 0 Å². The average Bonchev–Trinajstić information content (AvgIpc) is 2.37. The zero-order valence-electron chi connectivity index (χ0n) is 11.0. The number of nitrogens with two attached hydrogens (primary N) is 1. The Morgan fingerprint density at radius 2 is 2.06 bits per heavy atom. The van der Waals surface area contributed by atoms with Gasteiger partial charge in [0.1, 0.15) is 0 Å². The van der Waals surface area contributed by atoms with E-state index in [1.54, 1.807) is 0 Å². The molecule has 1 aromatic rings. The largest absolute Gasteiger partial charge is 0.368 e. The van der Waals surface area contributed by atoms with Crippen molar-refractivity contribution < 1.29 is 4.79 Å². The number of carbonyl (C=O) groups is 1. The van der Waals surface area contributed by atoms with Crippen molar-refractivity contribution in [3.8, 4) is 0 Å². The Kier molecular flexibility index (Phi) is 4.02. The van der Waals surface area contributed by atoms with Crippen molar-refractivity contribution in [3.05, 3.63) is 35.4 Å². The third kappa shape index (κ3) is 2.91. The van der Waals surface area contributed by atoms with Crippen LogP contribution in [0.1, 0.15) is 43.2 Å². The molecular weight excluding hydrogens is 224 g/mol. The van der Waals surface area contributed by atoms with Gasteiger partial charge in [-0.25, -0.2) is 0 Å². The molecule has 3 nitrogen and oxygen atoms in total. The number of benzene rings is 1. The fraction of sp³-hybridized carbons (Fsp3) is 0.533. The lowest BCUT2D eigenvalue weighted by Crippen LogP contribution is -2.56. The van der Waals surface area contributed by atoms with E-state index < -0.39 is 5.54 Å². The number of primary amides is 1. The topological polar surface area (TPSA) is 55.1 Å². The number of hydrogen-bond donors (Lipinski definition) is 2. The summed E-state index contributed by atoms with van der Waals surface area (Å²) in [5.41, 5.74) is 7.56. The van der Waals surface area contributed by atoms with Crippen LogP contribution in [0.2, 0.25) is 0 Å². The molecule has 3 heteroatoms. The molecule has 3 N–H and O–H groups in total. The monoisotopic (exact) mass is 246 g/mol. The number of amides is 1. The molecule has 2 rings (SSSR count). The molecule has 0 aromatic heterocycles. The highest BCUT2D eigenvalue weighted by Crippen LogP contribution is 2.28. The summed E-state index contributed by atoms with van der Waals surface area (Å²) >= 11 is 0. The van der Waals surface area contributed by atoms with Crippen LogP contribution in [-0.4, -0.2) is 11.4 Å². The van der Waals surface area contributed by atoms with Crippen LogP contribution in [0.4, 0.5) is 0 Å². The molecule has 1 fully saturated rings. The van der Waals surface area contributed by atoms with Crippen LogP contribution in [0, 0.1) is 6.92 Å². The van der Waals surface area contributed by atoms with Gasteiger partial charge in [0.25, 0.3) is 0 Å². The molecule has 0 unspecified atom stereocenters. The Labute approximate surface area is 109 Å². The first kappa shape index (κ1) is 13.1. The van der Waals surface area contributed by atoms with E-state index in [1.807, 2.05) is 6.07 Å². The Morgan fingerprint density at radius 1 is 1.33 bits per heavy atom. The summed E-state index contributed by atoms with van der Waals surface area (Å²) in [6.07, 6.45) is 5.12. The molecule has 0 saturated heterocycles. The molecule has 1 amide bonds. The van der Waals surface area contributed by atoms with E-state index in [2.05, 4.69) is 30.4 Å². The molecule has 0 spiro atoms. The first-order chi connectivity index (χ1) is 8.62. The van der Waals surface area contributed by atoms with Crippen molar-refractivity contribution >= 4 is 5.91 Å². The second kappa shape index (κ2) is 5.53. The third-order valence-electron chi connectivity index (χ3n) is 3.89. The van der Waals surface area contributed by atoms with Crippen LogP contribution < -0.4 is 11.1 Å². The predicted molar refractivity (Wildman–Crippen MR) is 73.0 cm³/mol. The lowest BCUT2D eigenvalue weighted by Gasteiger charge is -2.35. The molecule has 0 atom stereocenters. The lowest BCUT2D eigenvalue weighted by atomic mass is 9.81. The Morgan fingerprint density at radius 3 is 2.67 bits per heavy atom. The average molecular weight is 246 g/mol. The van der Waals surface area contributed by atoms with Gasteiger partial charge in [-0.3, -0.25) is 10.1 Å². The van der Waals surface area contributed by atoms with Crippen LogP contribution in [0.5, 0.6) is 0 Å². The molecule has 1 aromatic carbocycles. The van der Waals surface area contributed by atoms with Crippen LogP contribution in [-0.2, 0) is 11.3 Å². The van der Waals surface area contributed by atoms with E-state index in [0.717, 1.165) is 25.7 Å². The van der Waals surface area contributed by atoms with Gasteiger partial charge >= 0.3 is 0 Å². The molecular formula is C15H22N2O. The van der Waals surface area contributed by atoms with Crippen molar-refractivity contribution in [2.24, 2.45) is 5.73 Å². The SMILES string of the molecule is Cc1cccc(CNC2(C(N)=O)CCCCC2)c1. The maximum Gasteiger partial charge on any atom is 0.237 e. The van der Waals surface area contributed by atoms with Crippen molar-refractivity contribution in [2.45, 2.75) is 51.1 Å². The second-order valence-electron chi connectivity index (χ2n) is 5.35. The minimum atomic E-state index is -0.484. The minimum Gasteiger partial charge on any atom is -0.368 e. The number of nitrogens with one attached hydrogen (secondary N) is 1. The molecule has 0 bridgehead atoms. The quantitative estimate of drug-likeness (QED) is 0.856. The molecule has 1 aliphatic carbocycles. The molecule has 1 aliphatic rings. The van der Waals surface area contributed by atoms with Crippen LogP contribution in [0.15, 0.2) is 24.3 Å². The number of carbonyl (C=O) groups excluding carboxylic acids is 1. The summed E-state index contributed by atoms with van der Waals surface area (Å²) in [5.74, 6) is -0.199. The first-order valence-corrected chi connectivity index (χ1v) is 6.73. The third-order valence-corrected chi connectivity index (χ3v) is 3.89. The van der Waals surface area contributed by atoms with Crippen molar-refractivity contribution in [1.29, 1.82) is 0 Å². The first-order valence-electron chi connectivity index (χ1n) is 6.73. The van der Waals surface area contributed by atoms with Crippen molar-refractivity contribution in [3.63, 3.8) is 0 Å². The van der Waals surface area contributed by atoms with Gasteiger partial charge in [-0.05, 0) is 25.3 Å². The van der Waals surface area contributed by atoms with Crippen molar-refractivity contribution in [1.82, 2.24) is 5.32 Å². The smallest absolute Gasteiger partial charge is 0.237 e. The summed E-state index contributed by atoms with van der Waals surface area (Å²) in [5, 5.41) is 3.40. The molecule has 1 saturated carbocycles. The number of rotatable bonds is 4. The van der Waals surface area contributed by atoms with Crippen molar-refractivity contribution in [2.75, 3.05) is 0 Å². The fourth-order valence-corrected chi connectivity index (χ4v) is 2.76. The van der Waals surface area contributed by atoms with Gasteiger partial charge in [-0.1, -0.05) is 49.1 Å². The number of hydrogen-bond acceptors (Lipinski definition) is 2. The lowest BCUT2D eigenvalue weighted by molar-refractivity contribution is -0.125. The van der Waals surface area contributed by atoms with Crippen LogP contribution in [0.25, 0.3) is 0 Å². The zero-order chi connectivity index (χ0) is 13.0. The summed E-state index contributed by atoms with van der Waals surface area (Å²) < 4.78 is 0. The van der Waals surface area contributed by atoms with Crippen LogP contribution >= 0.6 is 0 Å². The summed E-state index contributed by atoms with van der Waals surface area (Å²) in [6.45, 7) is 2.79. The van der Waals surface area contributed by atoms with E-state index in [0.29, 0.717) is 6.54 Å². The molecule has 0 heterocycles. The standard InChI is InChI=1S/C15H22N2O/c1-12-6-5-7-13(10-12)11-17-15(14(16)18)8-3-2-4-9-15/h5-7,10,17H,2-4,8-9,11H2,1H3,(H2,16,18). The summed E-state index contributed by atoms with van der Waals surface area (Å²) in [4.78, 5) is 11.7. The molecule has 18 heavy (non-hydrogen) atoms. The van der Waals surface area contributed by atoms with Gasteiger partial charge in [0.05, 0.1) is 5.54 Å². The van der Waals surface area contributed by atoms with Gasteiger partial charge < -0.3 is 5.73 Å². The molecule has 0 radical (unpaired) electrons. The van der Waals surface area contributed by atoms with E-state index in [-0.39, 0.29) is 5.91 Å². The van der Waals surface area contributed by atoms with Gasteiger partial charge in [-0.15, -0.1) is 0 Å². The Hall–Kier alpha value is -1.35. The van der Waals surface area contributed by atoms with Gasteiger partial charge in [0, 0.05) is 6.54 Å². The van der Waals surface area contributed by atoms with E-state index in [9.17, 15) is 4.79 Å². The van der Waals surface area contributed by atoms with E-state index in [1.165, 1.54) is 17.5 Å².